The molecule has 3 N–H and O–H groups in total. The first-order chi connectivity index (χ1) is 17.2. The van der Waals surface area contributed by atoms with Gasteiger partial charge in [-0.3, -0.25) is 9.59 Å². The molecule has 0 bridgehead atoms. The number of sulfonamides is 1. The van der Waals surface area contributed by atoms with E-state index in [1.807, 2.05) is 0 Å². The fourth-order valence-electron chi connectivity index (χ4n) is 4.51. The molecule has 0 saturated carbocycles. The molecule has 10 nitrogen and oxygen atoms in total. The summed E-state index contributed by atoms with van der Waals surface area (Å²) in [5, 5.41) is 3.06. The van der Waals surface area contributed by atoms with E-state index in [4.69, 9.17) is 10.5 Å². The van der Waals surface area contributed by atoms with E-state index in [0.717, 1.165) is 36.1 Å². The zero-order valence-corrected chi connectivity index (χ0v) is 21.8. The zero-order chi connectivity index (χ0) is 25.9. The van der Waals surface area contributed by atoms with Crippen LogP contribution in [0.25, 0.3) is 0 Å². The van der Waals surface area contributed by atoms with Gasteiger partial charge in [0.15, 0.2) is 0 Å². The molecule has 1 aromatic carbocycles. The van der Waals surface area contributed by atoms with Gasteiger partial charge >= 0.3 is 6.09 Å². The second kappa shape index (κ2) is 11.0. The van der Waals surface area contributed by atoms with Crippen molar-refractivity contribution in [1.29, 1.82) is 0 Å². The maximum Gasteiger partial charge on any atom is 0.410 e. The molecular weight excluding hydrogens is 504 g/mol. The highest BCUT2D eigenvalue weighted by Crippen LogP contribution is 2.37. The van der Waals surface area contributed by atoms with Crippen molar-refractivity contribution in [2.75, 3.05) is 31.6 Å². The highest BCUT2D eigenvalue weighted by Gasteiger charge is 2.30. The van der Waals surface area contributed by atoms with Crippen LogP contribution >= 0.6 is 11.3 Å². The van der Waals surface area contributed by atoms with Gasteiger partial charge in [-0.1, -0.05) is 12.8 Å². The molecule has 36 heavy (non-hydrogen) atoms. The maximum absolute atomic E-state index is 13.0. The maximum atomic E-state index is 13.0. The predicted octanol–water partition coefficient (Wildman–Crippen LogP) is 3.18. The lowest BCUT2D eigenvalue weighted by atomic mass is 10.0. The van der Waals surface area contributed by atoms with E-state index in [1.165, 1.54) is 39.9 Å². The van der Waals surface area contributed by atoms with Gasteiger partial charge < -0.3 is 20.7 Å². The monoisotopic (exact) mass is 534 g/mol. The number of hydrogen-bond acceptors (Lipinski definition) is 7. The van der Waals surface area contributed by atoms with Crippen LogP contribution in [-0.2, 0) is 27.7 Å². The van der Waals surface area contributed by atoms with Crippen LogP contribution in [0.2, 0.25) is 0 Å². The Kier molecular flexibility index (Phi) is 7.96. The average Bonchev–Trinajstić information content (AvgIpc) is 3.01. The van der Waals surface area contributed by atoms with Gasteiger partial charge in [0.2, 0.25) is 10.0 Å². The van der Waals surface area contributed by atoms with Crippen LogP contribution in [0.15, 0.2) is 29.2 Å². The van der Waals surface area contributed by atoms with Crippen LogP contribution in [0, 0.1) is 0 Å². The van der Waals surface area contributed by atoms with E-state index in [0.29, 0.717) is 31.1 Å². The Balaban J connectivity index is 1.51. The number of thiophene rings is 1. The van der Waals surface area contributed by atoms with E-state index >= 15 is 0 Å². The highest BCUT2D eigenvalue weighted by molar-refractivity contribution is 7.89. The summed E-state index contributed by atoms with van der Waals surface area (Å²) in [5.74, 6) is -1.15. The fourth-order valence-corrected chi connectivity index (χ4v) is 7.29. The van der Waals surface area contributed by atoms with E-state index in [-0.39, 0.29) is 29.2 Å². The van der Waals surface area contributed by atoms with Crippen molar-refractivity contribution in [3.05, 3.63) is 45.8 Å². The quantitative estimate of drug-likeness (QED) is 0.584. The van der Waals surface area contributed by atoms with Gasteiger partial charge in [-0.25, -0.2) is 13.2 Å². The SMILES string of the molecule is CCOC(=O)N1CCc2c(sc(NC(=O)c3ccc(S(=O)(=O)N4CCCCCC4)cc3)c2C(N)=O)C1. The molecule has 1 aromatic heterocycles. The standard InChI is InChI=1S/C24H30N4O6S2/c1-2-34-24(31)27-14-11-18-19(15-27)35-23(20(18)21(25)29)26-22(30)16-7-9-17(10-8-16)36(32,33)28-12-5-3-4-6-13-28/h7-10H,2-6,11-15H2,1H3,(H2,25,29)(H,26,30). The molecule has 1 saturated heterocycles. The number of anilines is 1. The van der Waals surface area contributed by atoms with Crippen molar-refractivity contribution in [2.45, 2.75) is 50.5 Å². The number of carbonyl (C=O) groups excluding carboxylic acids is 3. The molecule has 1 fully saturated rings. The molecule has 12 heteroatoms. The van der Waals surface area contributed by atoms with Gasteiger partial charge in [0.05, 0.1) is 23.6 Å². The molecule has 0 aliphatic carbocycles. The molecule has 0 unspecified atom stereocenters. The lowest BCUT2D eigenvalue weighted by Crippen LogP contribution is -2.36. The lowest BCUT2D eigenvalue weighted by molar-refractivity contribution is 0.0997. The minimum Gasteiger partial charge on any atom is -0.450 e. The molecule has 194 valence electrons. The van der Waals surface area contributed by atoms with Crippen LogP contribution < -0.4 is 11.1 Å². The molecule has 3 heterocycles. The third kappa shape index (κ3) is 5.40. The van der Waals surface area contributed by atoms with Gasteiger partial charge in [0.1, 0.15) is 5.00 Å². The number of hydrogen-bond donors (Lipinski definition) is 2. The molecule has 4 rings (SSSR count). The largest absolute Gasteiger partial charge is 0.450 e. The van der Waals surface area contributed by atoms with E-state index < -0.39 is 27.9 Å². The lowest BCUT2D eigenvalue weighted by Gasteiger charge is -2.26. The van der Waals surface area contributed by atoms with Crippen LogP contribution in [0.5, 0.6) is 0 Å². The van der Waals surface area contributed by atoms with Crippen molar-refractivity contribution in [3.8, 4) is 0 Å². The molecule has 0 atom stereocenters. The van der Waals surface area contributed by atoms with Crippen molar-refractivity contribution < 1.29 is 27.5 Å². The van der Waals surface area contributed by atoms with E-state index in [9.17, 15) is 22.8 Å². The number of rotatable bonds is 6. The molecular formula is C24H30N4O6S2. The van der Waals surface area contributed by atoms with Crippen molar-refractivity contribution in [1.82, 2.24) is 9.21 Å². The van der Waals surface area contributed by atoms with Crippen LogP contribution in [-0.4, -0.2) is 61.8 Å². The van der Waals surface area contributed by atoms with E-state index in [1.54, 1.807) is 11.8 Å². The zero-order valence-electron chi connectivity index (χ0n) is 20.1. The average molecular weight is 535 g/mol. The minimum atomic E-state index is -3.62. The summed E-state index contributed by atoms with van der Waals surface area (Å²) in [7, 11) is -3.62. The summed E-state index contributed by atoms with van der Waals surface area (Å²) in [5.41, 5.74) is 6.85. The second-order valence-corrected chi connectivity index (χ2v) is 11.8. The van der Waals surface area contributed by atoms with Gasteiger partial charge in [0, 0.05) is 30.1 Å². The first-order valence-electron chi connectivity index (χ1n) is 12.0. The molecule has 2 aliphatic heterocycles. The summed E-state index contributed by atoms with van der Waals surface area (Å²) in [4.78, 5) is 39.7. The van der Waals surface area contributed by atoms with Gasteiger partial charge in [0.25, 0.3) is 11.8 Å². The predicted molar refractivity (Wildman–Crippen MR) is 136 cm³/mol. The van der Waals surface area contributed by atoms with Crippen molar-refractivity contribution in [2.24, 2.45) is 5.73 Å². The number of nitrogens with two attached hydrogens (primary N) is 1. The van der Waals surface area contributed by atoms with Gasteiger partial charge in [-0.2, -0.15) is 4.31 Å². The number of nitrogens with zero attached hydrogens (tertiary/aromatic N) is 2. The molecule has 3 amide bonds. The number of amides is 3. The summed E-state index contributed by atoms with van der Waals surface area (Å²) in [6.45, 7) is 3.63. The third-order valence-corrected chi connectivity index (χ3v) is 9.42. The number of ether oxygens (including phenoxy) is 1. The van der Waals surface area contributed by atoms with E-state index in [2.05, 4.69) is 5.32 Å². The summed E-state index contributed by atoms with van der Waals surface area (Å²) in [6, 6.07) is 5.78. The number of primary amides is 1. The normalized spacial score (nSPS) is 16.6. The first kappa shape index (κ1) is 26.1. The summed E-state index contributed by atoms with van der Waals surface area (Å²) < 4.78 is 32.6. The first-order valence-corrected chi connectivity index (χ1v) is 14.3. The Hall–Kier alpha value is -2.96. The molecule has 0 spiro atoms. The Labute approximate surface area is 214 Å². The Morgan fingerprint density at radius 3 is 2.33 bits per heavy atom. The molecule has 2 aliphatic rings. The Bertz CT molecular complexity index is 1250. The summed E-state index contributed by atoms with van der Waals surface area (Å²) >= 11 is 1.20. The molecule has 0 radical (unpaired) electrons. The minimum absolute atomic E-state index is 0.143. The fraction of sp³-hybridized carbons (Fsp3) is 0.458. The number of carbonyl (C=O) groups is 3. The number of nitrogens with one attached hydrogen (secondary N) is 1. The Morgan fingerprint density at radius 1 is 1.06 bits per heavy atom. The van der Waals surface area contributed by atoms with Crippen molar-refractivity contribution in [3.63, 3.8) is 0 Å². The number of benzene rings is 1. The van der Waals surface area contributed by atoms with Gasteiger partial charge in [-0.05, 0) is 56.0 Å². The highest BCUT2D eigenvalue weighted by atomic mass is 32.2. The van der Waals surface area contributed by atoms with Gasteiger partial charge in [-0.15, -0.1) is 11.3 Å². The van der Waals surface area contributed by atoms with Crippen molar-refractivity contribution >= 4 is 44.3 Å². The van der Waals surface area contributed by atoms with Crippen LogP contribution in [0.3, 0.4) is 0 Å². The number of fused-ring (bicyclic) bond motifs is 1. The third-order valence-electron chi connectivity index (χ3n) is 6.38. The second-order valence-electron chi connectivity index (χ2n) is 8.74. The smallest absolute Gasteiger partial charge is 0.410 e. The van der Waals surface area contributed by atoms with Crippen LogP contribution in [0.4, 0.5) is 9.80 Å². The topological polar surface area (TPSA) is 139 Å². The molecule has 2 aromatic rings. The Morgan fingerprint density at radius 2 is 1.72 bits per heavy atom. The summed E-state index contributed by atoms with van der Waals surface area (Å²) in [6.07, 6.45) is 3.70. The van der Waals surface area contributed by atoms with Crippen LogP contribution in [0.1, 0.15) is 63.8 Å².